The minimum atomic E-state index is -0.556. The quantitative estimate of drug-likeness (QED) is 0.623. The molecule has 2 rings (SSSR count). The van der Waals surface area contributed by atoms with E-state index in [1.54, 1.807) is 62.3 Å². The summed E-state index contributed by atoms with van der Waals surface area (Å²) in [6.07, 6.45) is 1.95. The number of esters is 1. The molecule has 0 atom stereocenters. The van der Waals surface area contributed by atoms with Gasteiger partial charge in [0.15, 0.2) is 6.61 Å². The van der Waals surface area contributed by atoms with Crippen molar-refractivity contribution in [2.24, 2.45) is 0 Å². The maximum absolute atomic E-state index is 11.9. The van der Waals surface area contributed by atoms with Crippen molar-refractivity contribution in [2.45, 2.75) is 4.90 Å². The summed E-state index contributed by atoms with van der Waals surface area (Å²) in [7, 11) is 3.34. The zero-order valence-electron chi connectivity index (χ0n) is 14.8. The van der Waals surface area contributed by atoms with Crippen LogP contribution in [-0.2, 0) is 9.53 Å². The minimum absolute atomic E-state index is 0.121. The van der Waals surface area contributed by atoms with Gasteiger partial charge in [0.05, 0.1) is 5.56 Å². The first-order valence-electron chi connectivity index (χ1n) is 7.83. The summed E-state index contributed by atoms with van der Waals surface area (Å²) in [4.78, 5) is 38.2. The van der Waals surface area contributed by atoms with Gasteiger partial charge in [0, 0.05) is 30.2 Å². The largest absolute Gasteiger partial charge is 0.452 e. The molecule has 0 saturated heterocycles. The summed E-state index contributed by atoms with van der Waals surface area (Å²) in [6, 6.07) is 13.4. The van der Waals surface area contributed by atoms with Gasteiger partial charge in [0.2, 0.25) is 0 Å². The van der Waals surface area contributed by atoms with Crippen LogP contribution in [0.15, 0.2) is 53.4 Å². The van der Waals surface area contributed by atoms with Gasteiger partial charge in [0.25, 0.3) is 11.8 Å². The van der Waals surface area contributed by atoms with E-state index < -0.39 is 11.9 Å². The van der Waals surface area contributed by atoms with Gasteiger partial charge in [-0.15, -0.1) is 11.8 Å². The lowest BCUT2D eigenvalue weighted by atomic mass is 10.2. The number of benzene rings is 2. The van der Waals surface area contributed by atoms with Crippen LogP contribution in [0, 0.1) is 0 Å². The molecule has 2 aromatic rings. The van der Waals surface area contributed by atoms with Gasteiger partial charge >= 0.3 is 5.97 Å². The molecular formula is C19H20N2O4S. The molecule has 0 radical (unpaired) electrons. The Labute approximate surface area is 156 Å². The number of nitrogens with zero attached hydrogens (tertiary/aromatic N) is 1. The number of anilines is 1. The van der Waals surface area contributed by atoms with E-state index in [1.165, 1.54) is 4.90 Å². The van der Waals surface area contributed by atoms with Gasteiger partial charge in [-0.3, -0.25) is 9.59 Å². The highest BCUT2D eigenvalue weighted by Gasteiger charge is 2.11. The van der Waals surface area contributed by atoms with Crippen molar-refractivity contribution >= 4 is 35.2 Å². The number of thioether (sulfide) groups is 1. The van der Waals surface area contributed by atoms with Gasteiger partial charge in [-0.2, -0.15) is 0 Å². The highest BCUT2D eigenvalue weighted by Crippen LogP contribution is 2.15. The maximum Gasteiger partial charge on any atom is 0.338 e. The fourth-order valence-electron chi connectivity index (χ4n) is 2.09. The number of amides is 2. The lowest BCUT2D eigenvalue weighted by Crippen LogP contribution is -2.22. The van der Waals surface area contributed by atoms with Gasteiger partial charge in [-0.05, 0) is 54.8 Å². The number of hydrogen-bond acceptors (Lipinski definition) is 5. The van der Waals surface area contributed by atoms with Crippen LogP contribution in [0.25, 0.3) is 0 Å². The van der Waals surface area contributed by atoms with Crippen LogP contribution in [-0.4, -0.2) is 49.6 Å². The van der Waals surface area contributed by atoms with E-state index in [-0.39, 0.29) is 12.5 Å². The smallest absolute Gasteiger partial charge is 0.338 e. The second kappa shape index (κ2) is 9.05. The Kier molecular flexibility index (Phi) is 6.80. The number of carbonyl (C=O) groups excluding carboxylic acids is 3. The average molecular weight is 372 g/mol. The fraction of sp³-hybridized carbons (Fsp3) is 0.211. The first kappa shape index (κ1) is 19.5. The predicted molar refractivity (Wildman–Crippen MR) is 102 cm³/mol. The van der Waals surface area contributed by atoms with Gasteiger partial charge < -0.3 is 15.0 Å². The predicted octanol–water partition coefficient (Wildman–Crippen LogP) is 2.91. The zero-order valence-corrected chi connectivity index (χ0v) is 15.6. The summed E-state index contributed by atoms with van der Waals surface area (Å²) < 4.78 is 5.01. The van der Waals surface area contributed by atoms with E-state index in [2.05, 4.69) is 5.32 Å². The monoisotopic (exact) mass is 372 g/mol. The zero-order chi connectivity index (χ0) is 19.1. The number of nitrogens with one attached hydrogen (secondary N) is 1. The molecule has 2 amide bonds. The van der Waals surface area contributed by atoms with E-state index in [0.29, 0.717) is 16.8 Å². The molecule has 26 heavy (non-hydrogen) atoms. The molecule has 0 spiro atoms. The second-order valence-corrected chi connectivity index (χ2v) is 6.51. The van der Waals surface area contributed by atoms with Crippen molar-refractivity contribution in [1.82, 2.24) is 4.90 Å². The molecule has 0 aliphatic heterocycles. The minimum Gasteiger partial charge on any atom is -0.452 e. The Morgan fingerprint density at radius 3 is 2.08 bits per heavy atom. The Balaban J connectivity index is 1.86. The first-order valence-corrected chi connectivity index (χ1v) is 9.06. The Hall–Kier alpha value is -2.80. The van der Waals surface area contributed by atoms with Crippen molar-refractivity contribution in [3.8, 4) is 0 Å². The summed E-state index contributed by atoms with van der Waals surface area (Å²) in [5.41, 5.74) is 1.43. The van der Waals surface area contributed by atoms with Gasteiger partial charge in [-0.25, -0.2) is 4.79 Å². The molecule has 1 N–H and O–H groups in total. The molecule has 0 aliphatic carbocycles. The molecule has 7 heteroatoms. The Morgan fingerprint density at radius 2 is 1.54 bits per heavy atom. The highest BCUT2D eigenvalue weighted by molar-refractivity contribution is 7.98. The van der Waals surface area contributed by atoms with E-state index in [9.17, 15) is 14.4 Å². The SMILES string of the molecule is CSc1ccc(C(=O)OCC(=O)Nc2ccc(C(=O)N(C)C)cc2)cc1. The molecule has 0 unspecified atom stereocenters. The van der Waals surface area contributed by atoms with E-state index in [0.717, 1.165) is 4.90 Å². The van der Waals surface area contributed by atoms with Crippen molar-refractivity contribution in [3.63, 3.8) is 0 Å². The Morgan fingerprint density at radius 1 is 0.962 bits per heavy atom. The Bertz CT molecular complexity index is 786. The van der Waals surface area contributed by atoms with Crippen LogP contribution < -0.4 is 5.32 Å². The van der Waals surface area contributed by atoms with Crippen molar-refractivity contribution in [3.05, 3.63) is 59.7 Å². The van der Waals surface area contributed by atoms with Crippen LogP contribution >= 0.6 is 11.8 Å². The average Bonchev–Trinajstić information content (AvgIpc) is 2.66. The van der Waals surface area contributed by atoms with Crippen molar-refractivity contribution in [1.29, 1.82) is 0 Å². The summed E-state index contributed by atoms with van der Waals surface area (Å²) >= 11 is 1.57. The molecule has 0 bridgehead atoms. The van der Waals surface area contributed by atoms with Crippen LogP contribution in [0.5, 0.6) is 0 Å². The summed E-state index contributed by atoms with van der Waals surface area (Å²) in [6.45, 7) is -0.387. The number of hydrogen-bond donors (Lipinski definition) is 1. The van der Waals surface area contributed by atoms with E-state index >= 15 is 0 Å². The summed E-state index contributed by atoms with van der Waals surface area (Å²) in [5.74, 6) is -1.13. The molecule has 6 nitrogen and oxygen atoms in total. The van der Waals surface area contributed by atoms with Crippen molar-refractivity contribution < 1.29 is 19.1 Å². The number of rotatable bonds is 6. The number of ether oxygens (including phenoxy) is 1. The molecule has 2 aromatic carbocycles. The molecule has 0 fully saturated rings. The van der Waals surface area contributed by atoms with E-state index in [4.69, 9.17) is 4.74 Å². The lowest BCUT2D eigenvalue weighted by Gasteiger charge is -2.11. The van der Waals surface area contributed by atoms with Gasteiger partial charge in [0.1, 0.15) is 0 Å². The van der Waals surface area contributed by atoms with Crippen LogP contribution in [0.4, 0.5) is 5.69 Å². The normalized spacial score (nSPS) is 10.1. The third kappa shape index (κ3) is 5.35. The third-order valence-corrected chi connectivity index (χ3v) is 4.23. The first-order chi connectivity index (χ1) is 12.4. The number of carbonyl (C=O) groups is 3. The van der Waals surface area contributed by atoms with Gasteiger partial charge in [-0.1, -0.05) is 0 Å². The molecule has 0 saturated carbocycles. The maximum atomic E-state index is 11.9. The highest BCUT2D eigenvalue weighted by atomic mass is 32.2. The molecule has 136 valence electrons. The standard InChI is InChI=1S/C19H20N2O4S/c1-21(2)18(23)13-4-8-15(9-5-13)20-17(22)12-25-19(24)14-6-10-16(26-3)11-7-14/h4-11H,12H2,1-3H3,(H,20,22). The summed E-state index contributed by atoms with van der Waals surface area (Å²) in [5, 5.41) is 2.62. The van der Waals surface area contributed by atoms with Crippen LogP contribution in [0.2, 0.25) is 0 Å². The van der Waals surface area contributed by atoms with E-state index in [1.807, 2.05) is 18.4 Å². The van der Waals surface area contributed by atoms with Crippen molar-refractivity contribution in [2.75, 3.05) is 32.3 Å². The lowest BCUT2D eigenvalue weighted by molar-refractivity contribution is -0.119. The third-order valence-electron chi connectivity index (χ3n) is 3.48. The molecule has 0 heterocycles. The molecular weight excluding hydrogens is 352 g/mol. The van der Waals surface area contributed by atoms with Crippen LogP contribution in [0.3, 0.4) is 0 Å². The molecule has 0 aliphatic rings. The topological polar surface area (TPSA) is 75.7 Å². The van der Waals surface area contributed by atoms with Crippen LogP contribution in [0.1, 0.15) is 20.7 Å². The molecule has 0 aromatic heterocycles. The fourth-order valence-corrected chi connectivity index (χ4v) is 2.50. The second-order valence-electron chi connectivity index (χ2n) is 5.63.